The van der Waals surface area contributed by atoms with Gasteiger partial charge in [-0.3, -0.25) is 9.36 Å². The molecule has 1 saturated heterocycles. The monoisotopic (exact) mass is 440 g/mol. The van der Waals surface area contributed by atoms with E-state index >= 15 is 0 Å². The maximum atomic E-state index is 12.6. The number of amides is 1. The van der Waals surface area contributed by atoms with Gasteiger partial charge < -0.3 is 9.80 Å². The first-order chi connectivity index (χ1) is 13.6. The molecule has 1 fully saturated rings. The Morgan fingerprint density at radius 1 is 1.00 bits per heavy atom. The van der Waals surface area contributed by atoms with Gasteiger partial charge in [-0.2, -0.15) is 0 Å². The number of rotatable bonds is 4. The Morgan fingerprint density at radius 2 is 1.68 bits per heavy atom. The fourth-order valence-electron chi connectivity index (χ4n) is 3.31. The van der Waals surface area contributed by atoms with Crippen molar-refractivity contribution in [3.05, 3.63) is 64.7 Å². The maximum absolute atomic E-state index is 12.6. The number of imidazole rings is 1. The molecule has 1 aliphatic heterocycles. The molecule has 8 heteroatoms. The summed E-state index contributed by atoms with van der Waals surface area (Å²) in [5.74, 6) is 2.63. The highest BCUT2D eigenvalue weighted by molar-refractivity contribution is 9.10. The van der Waals surface area contributed by atoms with Crippen LogP contribution in [0.2, 0.25) is 0 Å². The van der Waals surface area contributed by atoms with Gasteiger partial charge in [-0.25, -0.2) is 4.98 Å². The van der Waals surface area contributed by atoms with Crippen LogP contribution in [-0.2, 0) is 11.2 Å². The van der Waals surface area contributed by atoms with Crippen LogP contribution in [0.25, 0.3) is 5.82 Å². The zero-order chi connectivity index (χ0) is 19.5. The first-order valence-electron chi connectivity index (χ1n) is 9.21. The fourth-order valence-corrected chi connectivity index (χ4v) is 3.57. The second-order valence-corrected chi connectivity index (χ2v) is 7.68. The summed E-state index contributed by atoms with van der Waals surface area (Å²) in [6.07, 6.45) is 4.05. The molecule has 0 unspecified atom stereocenters. The molecular weight excluding hydrogens is 420 g/mol. The number of carbonyl (C=O) groups excluding carboxylic acids is 1. The third-order valence-electron chi connectivity index (χ3n) is 4.93. The van der Waals surface area contributed by atoms with E-state index < -0.39 is 0 Å². The van der Waals surface area contributed by atoms with Crippen molar-refractivity contribution >= 4 is 27.7 Å². The first kappa shape index (κ1) is 18.6. The second kappa shape index (κ2) is 8.10. The Labute approximate surface area is 172 Å². The Kier molecular flexibility index (Phi) is 5.38. The Balaban J connectivity index is 1.34. The van der Waals surface area contributed by atoms with Crippen LogP contribution in [0.5, 0.6) is 0 Å². The van der Waals surface area contributed by atoms with E-state index in [2.05, 4.69) is 36.0 Å². The number of piperazine rings is 1. The molecule has 0 atom stereocenters. The minimum Gasteiger partial charge on any atom is -0.352 e. The van der Waals surface area contributed by atoms with Gasteiger partial charge >= 0.3 is 0 Å². The first-order valence-corrected chi connectivity index (χ1v) is 10.0. The van der Waals surface area contributed by atoms with E-state index in [1.807, 2.05) is 59.0 Å². The van der Waals surface area contributed by atoms with Crippen LogP contribution in [0.15, 0.2) is 53.3 Å². The van der Waals surface area contributed by atoms with Crippen LogP contribution in [0.3, 0.4) is 0 Å². The number of hydrogen-bond acceptors (Lipinski definition) is 5. The molecule has 0 radical (unpaired) electrons. The molecule has 144 valence electrons. The van der Waals surface area contributed by atoms with Crippen LogP contribution in [0.4, 0.5) is 5.82 Å². The Morgan fingerprint density at radius 3 is 2.29 bits per heavy atom. The molecular formula is C20H21BrN6O. The predicted molar refractivity (Wildman–Crippen MR) is 111 cm³/mol. The summed E-state index contributed by atoms with van der Waals surface area (Å²) in [7, 11) is 0. The number of aryl methyl sites for hydroxylation is 1. The smallest absolute Gasteiger partial charge is 0.227 e. The average Bonchev–Trinajstić information content (AvgIpc) is 3.16. The third kappa shape index (κ3) is 4.06. The van der Waals surface area contributed by atoms with Gasteiger partial charge in [-0.05, 0) is 36.8 Å². The second-order valence-electron chi connectivity index (χ2n) is 6.77. The van der Waals surface area contributed by atoms with Crippen molar-refractivity contribution in [2.45, 2.75) is 13.3 Å². The molecule has 0 aliphatic carbocycles. The van der Waals surface area contributed by atoms with E-state index in [0.29, 0.717) is 19.5 Å². The number of anilines is 1. The number of hydrogen-bond donors (Lipinski definition) is 0. The highest BCUT2D eigenvalue weighted by atomic mass is 79.9. The lowest BCUT2D eigenvalue weighted by Crippen LogP contribution is -2.49. The average molecular weight is 441 g/mol. The zero-order valence-corrected chi connectivity index (χ0v) is 17.2. The molecule has 0 spiro atoms. The molecule has 0 bridgehead atoms. The lowest BCUT2D eigenvalue weighted by atomic mass is 10.1. The molecule has 0 N–H and O–H groups in total. The number of nitrogens with zero attached hydrogens (tertiary/aromatic N) is 6. The van der Waals surface area contributed by atoms with Gasteiger partial charge in [0.15, 0.2) is 11.6 Å². The molecule has 1 aromatic carbocycles. The standard InChI is InChI=1S/C20H21BrN6O/c1-15-22-8-9-27(15)19-7-6-18(23-24-19)25-10-12-26(13-11-25)20(28)14-16-2-4-17(21)5-3-16/h2-9H,10-14H2,1H3. The lowest BCUT2D eigenvalue weighted by molar-refractivity contribution is -0.130. The summed E-state index contributed by atoms with van der Waals surface area (Å²) in [5, 5.41) is 8.69. The SMILES string of the molecule is Cc1nccn1-c1ccc(N2CCN(C(=O)Cc3ccc(Br)cc3)CC2)nn1. The summed E-state index contributed by atoms with van der Waals surface area (Å²) in [6, 6.07) is 11.8. The molecule has 3 heterocycles. The highest BCUT2D eigenvalue weighted by Crippen LogP contribution is 2.16. The summed E-state index contributed by atoms with van der Waals surface area (Å²) in [4.78, 5) is 20.9. The molecule has 0 saturated carbocycles. The van der Waals surface area contributed by atoms with Crippen molar-refractivity contribution in [3.8, 4) is 5.82 Å². The molecule has 4 rings (SSSR count). The maximum Gasteiger partial charge on any atom is 0.227 e. The number of benzene rings is 1. The third-order valence-corrected chi connectivity index (χ3v) is 5.46. The van der Waals surface area contributed by atoms with E-state index in [1.54, 1.807) is 6.20 Å². The molecule has 3 aromatic rings. The van der Waals surface area contributed by atoms with E-state index in [0.717, 1.165) is 40.6 Å². The van der Waals surface area contributed by atoms with Gasteiger partial charge in [0.2, 0.25) is 5.91 Å². The molecule has 2 aromatic heterocycles. The van der Waals surface area contributed by atoms with E-state index in [9.17, 15) is 4.79 Å². The largest absolute Gasteiger partial charge is 0.352 e. The number of halogens is 1. The van der Waals surface area contributed by atoms with E-state index in [-0.39, 0.29) is 5.91 Å². The lowest BCUT2D eigenvalue weighted by Gasteiger charge is -2.35. The Hall–Kier alpha value is -2.74. The quantitative estimate of drug-likeness (QED) is 0.623. The van der Waals surface area contributed by atoms with Crippen LogP contribution in [-0.4, -0.2) is 56.7 Å². The van der Waals surface area contributed by atoms with Gasteiger partial charge in [0.25, 0.3) is 0 Å². The minimum absolute atomic E-state index is 0.166. The van der Waals surface area contributed by atoms with Crippen LogP contribution in [0.1, 0.15) is 11.4 Å². The summed E-state index contributed by atoms with van der Waals surface area (Å²) >= 11 is 3.42. The molecule has 1 amide bonds. The van der Waals surface area contributed by atoms with Crippen molar-refractivity contribution < 1.29 is 4.79 Å². The fraction of sp³-hybridized carbons (Fsp3) is 0.300. The van der Waals surface area contributed by atoms with Gasteiger partial charge in [0.05, 0.1) is 6.42 Å². The zero-order valence-electron chi connectivity index (χ0n) is 15.6. The van der Waals surface area contributed by atoms with Crippen molar-refractivity contribution in [2.75, 3.05) is 31.1 Å². The van der Waals surface area contributed by atoms with Crippen molar-refractivity contribution in [1.82, 2.24) is 24.6 Å². The summed E-state index contributed by atoms with van der Waals surface area (Å²) in [5.41, 5.74) is 1.03. The van der Waals surface area contributed by atoms with E-state index in [1.165, 1.54) is 0 Å². The number of aromatic nitrogens is 4. The summed E-state index contributed by atoms with van der Waals surface area (Å²) < 4.78 is 2.92. The van der Waals surface area contributed by atoms with Crippen LogP contribution in [0, 0.1) is 6.92 Å². The van der Waals surface area contributed by atoms with E-state index in [4.69, 9.17) is 0 Å². The van der Waals surface area contributed by atoms with Gasteiger partial charge in [-0.1, -0.05) is 28.1 Å². The van der Waals surface area contributed by atoms with Crippen LogP contribution >= 0.6 is 15.9 Å². The van der Waals surface area contributed by atoms with Gasteiger partial charge in [0, 0.05) is 43.0 Å². The van der Waals surface area contributed by atoms with Crippen LogP contribution < -0.4 is 4.90 Å². The normalized spacial score (nSPS) is 14.4. The molecule has 7 nitrogen and oxygen atoms in total. The number of carbonyl (C=O) groups is 1. The highest BCUT2D eigenvalue weighted by Gasteiger charge is 2.22. The minimum atomic E-state index is 0.166. The summed E-state index contributed by atoms with van der Waals surface area (Å²) in [6.45, 7) is 4.83. The molecule has 28 heavy (non-hydrogen) atoms. The van der Waals surface area contributed by atoms with Gasteiger partial charge in [0.1, 0.15) is 5.82 Å². The van der Waals surface area contributed by atoms with Crippen molar-refractivity contribution in [2.24, 2.45) is 0 Å². The Bertz CT molecular complexity index is 946. The predicted octanol–water partition coefficient (Wildman–Crippen LogP) is 2.62. The van der Waals surface area contributed by atoms with Gasteiger partial charge in [-0.15, -0.1) is 10.2 Å². The molecule has 1 aliphatic rings. The van der Waals surface area contributed by atoms with Crippen molar-refractivity contribution in [1.29, 1.82) is 0 Å². The van der Waals surface area contributed by atoms with Crippen molar-refractivity contribution in [3.63, 3.8) is 0 Å². The topological polar surface area (TPSA) is 67.2 Å².